The predicted molar refractivity (Wildman–Crippen MR) is 104 cm³/mol. The van der Waals surface area contributed by atoms with Crippen molar-refractivity contribution >= 4 is 28.7 Å². The van der Waals surface area contributed by atoms with E-state index in [1.54, 1.807) is 11.1 Å². The second-order valence-electron chi connectivity index (χ2n) is 6.88. The molecule has 2 N–H and O–H groups in total. The summed E-state index contributed by atoms with van der Waals surface area (Å²) in [5.41, 5.74) is 11.3. The molecular formula is C20H19N5O3. The van der Waals surface area contributed by atoms with E-state index in [1.165, 1.54) is 0 Å². The number of oxazole rings is 1. The molecule has 0 bridgehead atoms. The number of pyridine rings is 1. The summed E-state index contributed by atoms with van der Waals surface area (Å²) in [6.45, 7) is 4.33. The van der Waals surface area contributed by atoms with Crippen LogP contribution in [0.4, 0.5) is 6.01 Å². The Morgan fingerprint density at radius 2 is 2.04 bits per heavy atom. The second-order valence-corrected chi connectivity index (χ2v) is 6.88. The Hall–Kier alpha value is -3.39. The number of amides is 1. The van der Waals surface area contributed by atoms with Crippen LogP contribution in [0.3, 0.4) is 0 Å². The zero-order chi connectivity index (χ0) is 19.3. The van der Waals surface area contributed by atoms with Crippen molar-refractivity contribution in [2.75, 3.05) is 32.0 Å². The van der Waals surface area contributed by atoms with E-state index in [0.29, 0.717) is 43.1 Å². The SMILES string of the molecule is Cc1cc2ncc(C(=O)N3CCOCC3)n2cc1-c1ccc2oc(N)nc2c1. The molecule has 0 atom stereocenters. The number of ether oxygens (including phenoxy) is 1. The first kappa shape index (κ1) is 16.8. The normalized spacial score (nSPS) is 14.8. The van der Waals surface area contributed by atoms with Gasteiger partial charge in [0.05, 0.1) is 19.4 Å². The van der Waals surface area contributed by atoms with Crippen molar-refractivity contribution in [2.45, 2.75) is 6.92 Å². The van der Waals surface area contributed by atoms with E-state index in [0.717, 1.165) is 22.3 Å². The molecule has 142 valence electrons. The highest BCUT2D eigenvalue weighted by Gasteiger charge is 2.22. The molecule has 28 heavy (non-hydrogen) atoms. The molecule has 8 nitrogen and oxygen atoms in total. The van der Waals surface area contributed by atoms with E-state index < -0.39 is 0 Å². The Labute approximate surface area is 160 Å². The van der Waals surface area contributed by atoms with Crippen LogP contribution in [0.5, 0.6) is 0 Å². The van der Waals surface area contributed by atoms with Gasteiger partial charge in [-0.3, -0.25) is 9.20 Å². The first-order valence-electron chi connectivity index (χ1n) is 9.11. The molecule has 0 spiro atoms. The van der Waals surface area contributed by atoms with Crippen molar-refractivity contribution in [3.05, 3.63) is 47.9 Å². The molecule has 1 fully saturated rings. The lowest BCUT2D eigenvalue weighted by Crippen LogP contribution is -2.41. The third-order valence-electron chi connectivity index (χ3n) is 5.09. The number of carbonyl (C=O) groups excluding carboxylic acids is 1. The second kappa shape index (κ2) is 6.35. The summed E-state index contributed by atoms with van der Waals surface area (Å²) in [6.07, 6.45) is 3.59. The maximum absolute atomic E-state index is 13.0. The molecule has 1 aromatic carbocycles. The Kier molecular flexibility index (Phi) is 3.80. The molecule has 1 saturated heterocycles. The predicted octanol–water partition coefficient (Wildman–Crippen LogP) is 2.51. The summed E-state index contributed by atoms with van der Waals surface area (Å²) in [5, 5.41) is 0. The van der Waals surface area contributed by atoms with Crippen LogP contribution in [0.15, 0.2) is 41.1 Å². The standard InChI is InChI=1S/C20H19N5O3/c1-12-8-18-22-10-16(19(26)24-4-6-27-7-5-24)25(18)11-14(12)13-2-3-17-15(9-13)23-20(21)28-17/h2-3,8-11H,4-7H2,1H3,(H2,21,23). The van der Waals surface area contributed by atoms with Gasteiger partial charge in [-0.25, -0.2) is 4.98 Å². The minimum absolute atomic E-state index is 0.0367. The Bertz CT molecular complexity index is 1200. The number of aromatic nitrogens is 3. The van der Waals surface area contributed by atoms with E-state index in [1.807, 2.05) is 41.8 Å². The number of anilines is 1. The van der Waals surface area contributed by atoms with Crippen LogP contribution in [0.2, 0.25) is 0 Å². The molecule has 1 amide bonds. The highest BCUT2D eigenvalue weighted by molar-refractivity contribution is 5.93. The number of benzene rings is 1. The number of rotatable bonds is 2. The fourth-order valence-electron chi connectivity index (χ4n) is 3.62. The highest BCUT2D eigenvalue weighted by atomic mass is 16.5. The summed E-state index contributed by atoms with van der Waals surface area (Å²) in [4.78, 5) is 23.4. The Morgan fingerprint density at radius 1 is 1.21 bits per heavy atom. The summed E-state index contributed by atoms with van der Waals surface area (Å²) in [7, 11) is 0. The molecule has 0 unspecified atom stereocenters. The van der Waals surface area contributed by atoms with Crippen LogP contribution < -0.4 is 5.73 Å². The average Bonchev–Trinajstić information content (AvgIpc) is 3.28. The van der Waals surface area contributed by atoms with Gasteiger partial charge in [0, 0.05) is 24.8 Å². The molecule has 0 radical (unpaired) electrons. The van der Waals surface area contributed by atoms with Gasteiger partial charge in [-0.05, 0) is 36.2 Å². The topological polar surface area (TPSA) is 98.9 Å². The number of imidazole rings is 1. The molecule has 1 aliphatic heterocycles. The van der Waals surface area contributed by atoms with Gasteiger partial charge in [0.1, 0.15) is 16.9 Å². The van der Waals surface area contributed by atoms with Gasteiger partial charge in [-0.2, -0.15) is 4.98 Å². The quantitative estimate of drug-likeness (QED) is 0.576. The third kappa shape index (κ3) is 2.69. The molecule has 1 aliphatic rings. The zero-order valence-electron chi connectivity index (χ0n) is 15.4. The molecule has 5 rings (SSSR count). The van der Waals surface area contributed by atoms with E-state index in [-0.39, 0.29) is 11.9 Å². The van der Waals surface area contributed by atoms with Crippen molar-refractivity contribution in [3.63, 3.8) is 0 Å². The number of carbonyl (C=O) groups is 1. The van der Waals surface area contributed by atoms with Gasteiger partial charge in [-0.15, -0.1) is 0 Å². The number of hydrogen-bond acceptors (Lipinski definition) is 6. The summed E-state index contributed by atoms with van der Waals surface area (Å²) in [5.74, 6) is -0.0367. The lowest BCUT2D eigenvalue weighted by molar-refractivity contribution is 0.0298. The van der Waals surface area contributed by atoms with Gasteiger partial charge in [0.25, 0.3) is 11.9 Å². The Morgan fingerprint density at radius 3 is 2.86 bits per heavy atom. The van der Waals surface area contributed by atoms with Gasteiger partial charge in [0.2, 0.25) is 0 Å². The van der Waals surface area contributed by atoms with E-state index in [4.69, 9.17) is 14.9 Å². The minimum Gasteiger partial charge on any atom is -0.424 e. The first-order valence-corrected chi connectivity index (χ1v) is 9.11. The molecule has 8 heteroatoms. The van der Waals surface area contributed by atoms with E-state index in [2.05, 4.69) is 9.97 Å². The van der Waals surface area contributed by atoms with Crippen LogP contribution in [-0.2, 0) is 4.74 Å². The Balaban J connectivity index is 1.60. The number of nitrogen functional groups attached to an aromatic ring is 1. The number of nitrogens with two attached hydrogens (primary N) is 1. The van der Waals surface area contributed by atoms with Crippen LogP contribution in [0.1, 0.15) is 16.1 Å². The molecule has 0 saturated carbocycles. The van der Waals surface area contributed by atoms with Gasteiger partial charge < -0.3 is 19.8 Å². The average molecular weight is 377 g/mol. The van der Waals surface area contributed by atoms with Gasteiger partial charge in [0.15, 0.2) is 5.58 Å². The lowest BCUT2D eigenvalue weighted by Gasteiger charge is -2.26. The molecular weight excluding hydrogens is 358 g/mol. The van der Waals surface area contributed by atoms with E-state index >= 15 is 0 Å². The molecule has 4 heterocycles. The maximum atomic E-state index is 13.0. The highest BCUT2D eigenvalue weighted by Crippen LogP contribution is 2.29. The fourth-order valence-corrected chi connectivity index (χ4v) is 3.62. The zero-order valence-corrected chi connectivity index (χ0v) is 15.4. The van der Waals surface area contributed by atoms with Gasteiger partial charge >= 0.3 is 0 Å². The fraction of sp³-hybridized carbons (Fsp3) is 0.250. The van der Waals surface area contributed by atoms with Crippen molar-refractivity contribution < 1.29 is 13.9 Å². The number of fused-ring (bicyclic) bond motifs is 2. The minimum atomic E-state index is -0.0367. The summed E-state index contributed by atoms with van der Waals surface area (Å²) >= 11 is 0. The van der Waals surface area contributed by atoms with Gasteiger partial charge in [-0.1, -0.05) is 6.07 Å². The first-order chi connectivity index (χ1) is 13.6. The van der Waals surface area contributed by atoms with Crippen LogP contribution >= 0.6 is 0 Å². The van der Waals surface area contributed by atoms with Crippen molar-refractivity contribution in [3.8, 4) is 11.1 Å². The van der Waals surface area contributed by atoms with Crippen LogP contribution in [0.25, 0.3) is 27.9 Å². The lowest BCUT2D eigenvalue weighted by atomic mass is 10.0. The third-order valence-corrected chi connectivity index (χ3v) is 5.09. The number of aryl methyl sites for hydroxylation is 1. The maximum Gasteiger partial charge on any atom is 0.292 e. The molecule has 0 aliphatic carbocycles. The smallest absolute Gasteiger partial charge is 0.292 e. The van der Waals surface area contributed by atoms with Crippen LogP contribution in [0, 0.1) is 6.92 Å². The van der Waals surface area contributed by atoms with E-state index in [9.17, 15) is 4.79 Å². The van der Waals surface area contributed by atoms with Crippen LogP contribution in [-0.4, -0.2) is 51.5 Å². The summed E-state index contributed by atoms with van der Waals surface area (Å²) in [6, 6.07) is 7.87. The van der Waals surface area contributed by atoms with Crippen molar-refractivity contribution in [1.29, 1.82) is 0 Å². The van der Waals surface area contributed by atoms with Crippen molar-refractivity contribution in [2.24, 2.45) is 0 Å². The molecule has 3 aromatic heterocycles. The monoisotopic (exact) mass is 377 g/mol. The largest absolute Gasteiger partial charge is 0.424 e. The molecule has 4 aromatic rings. The number of morpholine rings is 1. The van der Waals surface area contributed by atoms with Crippen molar-refractivity contribution in [1.82, 2.24) is 19.3 Å². The number of hydrogen-bond donors (Lipinski definition) is 1. The summed E-state index contributed by atoms with van der Waals surface area (Å²) < 4.78 is 12.5. The number of nitrogens with zero attached hydrogens (tertiary/aromatic N) is 4.